The summed E-state index contributed by atoms with van der Waals surface area (Å²) in [7, 11) is -2.77. The van der Waals surface area contributed by atoms with Gasteiger partial charge in [0.25, 0.3) is 0 Å². The van der Waals surface area contributed by atoms with Crippen LogP contribution in [0.5, 0.6) is 0 Å². The molecule has 2 aromatic carbocycles. The van der Waals surface area contributed by atoms with Crippen LogP contribution in [0.1, 0.15) is 18.4 Å². The van der Waals surface area contributed by atoms with Crippen LogP contribution >= 0.6 is 7.29 Å². The summed E-state index contributed by atoms with van der Waals surface area (Å²) in [6.07, 6.45) is 1.55. The minimum absolute atomic E-state index is 0.253. The molecule has 1 unspecified atom stereocenters. The highest BCUT2D eigenvalue weighted by molar-refractivity contribution is 7.68. The molecule has 0 saturated carbocycles. The van der Waals surface area contributed by atoms with Gasteiger partial charge in [-0.3, -0.25) is 4.79 Å². The van der Waals surface area contributed by atoms with E-state index < -0.39 is 13.3 Å². The van der Waals surface area contributed by atoms with E-state index in [1.807, 2.05) is 65.3 Å². The summed E-state index contributed by atoms with van der Waals surface area (Å²) in [4.78, 5) is 12.5. The number of nitrogens with zero attached hydrogens (tertiary/aromatic N) is 1. The molecule has 1 fully saturated rings. The summed E-state index contributed by atoms with van der Waals surface area (Å²) in [5.74, 6) is -0.283. The second kappa shape index (κ2) is 7.33. The summed E-state index contributed by atoms with van der Waals surface area (Å²) in [5.41, 5.74) is 0.957. The second-order valence-corrected chi connectivity index (χ2v) is 8.92. The Morgan fingerprint density at radius 1 is 1.12 bits per heavy atom. The molecule has 4 nitrogen and oxygen atoms in total. The van der Waals surface area contributed by atoms with Gasteiger partial charge in [-0.2, -0.15) is 0 Å². The van der Waals surface area contributed by atoms with Gasteiger partial charge in [0.05, 0.1) is 0 Å². The normalized spacial score (nSPS) is 20.5. The first-order valence-corrected chi connectivity index (χ1v) is 10.3. The number of benzene rings is 2. The molecule has 0 aromatic heterocycles. The molecule has 1 aliphatic rings. The van der Waals surface area contributed by atoms with E-state index in [1.165, 1.54) is 0 Å². The van der Waals surface area contributed by atoms with E-state index in [0.29, 0.717) is 13.0 Å². The summed E-state index contributed by atoms with van der Waals surface area (Å²) in [5, 5.41) is 0.785. The van der Waals surface area contributed by atoms with Crippen molar-refractivity contribution in [2.75, 3.05) is 13.2 Å². The van der Waals surface area contributed by atoms with Crippen molar-refractivity contribution in [3.63, 3.8) is 0 Å². The molecule has 0 aliphatic carbocycles. The van der Waals surface area contributed by atoms with Crippen LogP contribution in [0.4, 0.5) is 0 Å². The standard InChI is InChI=1S/C19H22NO3P/c1-24(22,17-11-6-3-7-12-17)20-14-8-13-18(20)19(21)23-15-16-9-4-2-5-10-16/h2-7,9-12,18H,8,13-15H2,1H3/t18-,24?/m0/s1. The molecule has 0 amide bonds. The molecule has 5 heteroatoms. The Kier molecular flexibility index (Phi) is 5.17. The number of esters is 1. The van der Waals surface area contributed by atoms with Crippen LogP contribution < -0.4 is 5.30 Å². The van der Waals surface area contributed by atoms with Gasteiger partial charge in [-0.25, -0.2) is 4.67 Å². The Hall–Kier alpha value is -1.90. The summed E-state index contributed by atoms with van der Waals surface area (Å²) >= 11 is 0. The SMILES string of the molecule is CP(=O)(c1ccccc1)N1CCC[C@H]1C(=O)OCc1ccccc1. The zero-order chi connectivity index (χ0) is 17.0. The third-order valence-corrected chi connectivity index (χ3v) is 7.16. The fraction of sp³-hybridized carbons (Fsp3) is 0.316. The minimum atomic E-state index is -2.77. The Morgan fingerprint density at radius 3 is 2.42 bits per heavy atom. The summed E-state index contributed by atoms with van der Waals surface area (Å²) < 4.78 is 20.6. The molecule has 1 aliphatic heterocycles. The molecule has 24 heavy (non-hydrogen) atoms. The molecular weight excluding hydrogens is 321 g/mol. The third kappa shape index (κ3) is 3.61. The van der Waals surface area contributed by atoms with Crippen LogP contribution in [0.25, 0.3) is 0 Å². The van der Waals surface area contributed by atoms with Crippen LogP contribution in [0.15, 0.2) is 60.7 Å². The van der Waals surface area contributed by atoms with Crippen molar-refractivity contribution in [3.8, 4) is 0 Å². The average molecular weight is 343 g/mol. The van der Waals surface area contributed by atoms with Gasteiger partial charge >= 0.3 is 5.97 Å². The van der Waals surface area contributed by atoms with Crippen LogP contribution in [-0.4, -0.2) is 29.9 Å². The van der Waals surface area contributed by atoms with Gasteiger partial charge in [0.15, 0.2) is 7.29 Å². The average Bonchev–Trinajstić information content (AvgIpc) is 3.12. The Morgan fingerprint density at radius 2 is 1.75 bits per heavy atom. The third-order valence-electron chi connectivity index (χ3n) is 4.45. The van der Waals surface area contributed by atoms with Crippen LogP contribution in [0, 0.1) is 0 Å². The molecule has 126 valence electrons. The quantitative estimate of drug-likeness (QED) is 0.616. The molecule has 0 bridgehead atoms. The van der Waals surface area contributed by atoms with Gasteiger partial charge in [0.1, 0.15) is 12.6 Å². The maximum Gasteiger partial charge on any atom is 0.324 e. The fourth-order valence-electron chi connectivity index (χ4n) is 3.13. The Balaban J connectivity index is 1.71. The van der Waals surface area contributed by atoms with Gasteiger partial charge in [0, 0.05) is 18.5 Å². The first-order valence-electron chi connectivity index (χ1n) is 8.20. The number of carbonyl (C=O) groups is 1. The highest BCUT2D eigenvalue weighted by atomic mass is 31.2. The van der Waals surface area contributed by atoms with Crippen molar-refractivity contribution >= 4 is 18.6 Å². The van der Waals surface area contributed by atoms with E-state index >= 15 is 0 Å². The lowest BCUT2D eigenvalue weighted by Crippen LogP contribution is -2.37. The second-order valence-electron chi connectivity index (χ2n) is 6.13. The summed E-state index contributed by atoms with van der Waals surface area (Å²) in [6, 6.07) is 18.6. The molecule has 3 rings (SSSR count). The molecule has 1 saturated heterocycles. The van der Waals surface area contributed by atoms with Gasteiger partial charge in [-0.15, -0.1) is 0 Å². The van der Waals surface area contributed by atoms with Crippen molar-refractivity contribution < 1.29 is 14.1 Å². The van der Waals surface area contributed by atoms with Crippen molar-refractivity contribution in [1.29, 1.82) is 0 Å². The Labute approximate surface area is 142 Å². The predicted octanol–water partition coefficient (Wildman–Crippen LogP) is 3.43. The Bertz CT molecular complexity index is 733. The first kappa shape index (κ1) is 16.9. The number of ether oxygens (including phenoxy) is 1. The van der Waals surface area contributed by atoms with E-state index in [4.69, 9.17) is 4.74 Å². The van der Waals surface area contributed by atoms with Gasteiger partial charge < -0.3 is 9.30 Å². The number of rotatable bonds is 5. The van der Waals surface area contributed by atoms with Crippen molar-refractivity contribution in [2.24, 2.45) is 0 Å². The van der Waals surface area contributed by atoms with Crippen LogP contribution in [0.2, 0.25) is 0 Å². The number of hydrogen-bond acceptors (Lipinski definition) is 3. The molecule has 1 heterocycles. The zero-order valence-electron chi connectivity index (χ0n) is 13.8. The molecule has 0 radical (unpaired) electrons. The predicted molar refractivity (Wildman–Crippen MR) is 95.6 cm³/mol. The van der Waals surface area contributed by atoms with Gasteiger partial charge in [0.2, 0.25) is 0 Å². The zero-order valence-corrected chi connectivity index (χ0v) is 14.7. The lowest BCUT2D eigenvalue weighted by molar-refractivity contribution is -0.148. The van der Waals surface area contributed by atoms with Crippen LogP contribution in [-0.2, 0) is 20.7 Å². The number of hydrogen-bond donors (Lipinski definition) is 0. The van der Waals surface area contributed by atoms with Crippen molar-refractivity contribution in [1.82, 2.24) is 4.67 Å². The molecule has 2 atom stereocenters. The number of carbonyl (C=O) groups excluding carboxylic acids is 1. The maximum absolute atomic E-state index is 13.3. The largest absolute Gasteiger partial charge is 0.460 e. The highest BCUT2D eigenvalue weighted by Gasteiger charge is 2.41. The molecule has 2 aromatic rings. The molecule has 0 N–H and O–H groups in total. The summed E-state index contributed by atoms with van der Waals surface area (Å²) in [6.45, 7) is 2.66. The van der Waals surface area contributed by atoms with Gasteiger partial charge in [-0.1, -0.05) is 60.7 Å². The van der Waals surface area contributed by atoms with Crippen molar-refractivity contribution in [3.05, 3.63) is 66.2 Å². The highest BCUT2D eigenvalue weighted by Crippen LogP contribution is 2.49. The van der Waals surface area contributed by atoms with Crippen LogP contribution in [0.3, 0.4) is 0 Å². The lowest BCUT2D eigenvalue weighted by Gasteiger charge is -2.29. The first-order chi connectivity index (χ1) is 11.6. The minimum Gasteiger partial charge on any atom is -0.460 e. The van der Waals surface area contributed by atoms with E-state index in [2.05, 4.69) is 0 Å². The molecular formula is C19H22NO3P. The lowest BCUT2D eigenvalue weighted by atomic mass is 10.2. The smallest absolute Gasteiger partial charge is 0.324 e. The topological polar surface area (TPSA) is 46.6 Å². The maximum atomic E-state index is 13.3. The van der Waals surface area contributed by atoms with Gasteiger partial charge in [-0.05, 0) is 18.4 Å². The van der Waals surface area contributed by atoms with E-state index in [9.17, 15) is 9.36 Å². The van der Waals surface area contributed by atoms with E-state index in [-0.39, 0.29) is 12.6 Å². The van der Waals surface area contributed by atoms with Crippen molar-refractivity contribution in [2.45, 2.75) is 25.5 Å². The fourth-order valence-corrected chi connectivity index (χ4v) is 5.41. The monoisotopic (exact) mass is 343 g/mol. The molecule has 0 spiro atoms. The van der Waals surface area contributed by atoms with E-state index in [1.54, 1.807) is 6.66 Å². The van der Waals surface area contributed by atoms with E-state index in [0.717, 1.165) is 17.3 Å².